The molecule has 2 aromatic carbocycles. The maximum absolute atomic E-state index is 9.35. The molecule has 0 spiro atoms. The fourth-order valence-electron chi connectivity index (χ4n) is 3.67. The number of anilines is 1. The van der Waals surface area contributed by atoms with Crippen molar-refractivity contribution in [3.63, 3.8) is 0 Å². The Morgan fingerprint density at radius 2 is 1.80 bits per heavy atom. The molecule has 3 N–H and O–H groups in total. The van der Waals surface area contributed by atoms with Crippen LogP contribution >= 0.6 is 15.9 Å². The van der Waals surface area contributed by atoms with Gasteiger partial charge in [-0.3, -0.25) is 0 Å². The van der Waals surface area contributed by atoms with Crippen molar-refractivity contribution < 1.29 is 9.84 Å². The first kappa shape index (κ1) is 22.4. The third-order valence-corrected chi connectivity index (χ3v) is 5.97. The molecule has 1 aromatic heterocycles. The van der Waals surface area contributed by atoms with E-state index in [9.17, 15) is 5.11 Å². The SMILES string of the molecule is COc1ccc(C(Cc2ccc(Br)cc2)c2cn(CC(C)(C)CCO)c(N)n2)cc1. The van der Waals surface area contributed by atoms with Gasteiger partial charge < -0.3 is 20.1 Å². The third-order valence-electron chi connectivity index (χ3n) is 5.44. The number of hydrogen-bond acceptors (Lipinski definition) is 4. The maximum atomic E-state index is 9.35. The zero-order valence-corrected chi connectivity index (χ0v) is 19.4. The molecule has 0 fully saturated rings. The van der Waals surface area contributed by atoms with Crippen LogP contribution < -0.4 is 10.5 Å². The number of aliphatic hydroxyl groups excluding tert-OH is 1. The summed E-state index contributed by atoms with van der Waals surface area (Å²) in [7, 11) is 1.67. The topological polar surface area (TPSA) is 73.3 Å². The lowest BCUT2D eigenvalue weighted by molar-refractivity contribution is 0.193. The number of aromatic nitrogens is 2. The zero-order chi connectivity index (χ0) is 21.7. The van der Waals surface area contributed by atoms with E-state index in [1.54, 1.807) is 7.11 Å². The first-order valence-electron chi connectivity index (χ1n) is 10.1. The molecule has 0 amide bonds. The molecule has 0 aliphatic rings. The normalized spacial score (nSPS) is 12.7. The fraction of sp³-hybridized carbons (Fsp3) is 0.375. The molecule has 0 saturated carbocycles. The van der Waals surface area contributed by atoms with Gasteiger partial charge in [0.05, 0.1) is 12.8 Å². The van der Waals surface area contributed by atoms with Crippen LogP contribution in [0.25, 0.3) is 0 Å². The van der Waals surface area contributed by atoms with Crippen molar-refractivity contribution in [2.75, 3.05) is 19.5 Å². The Balaban J connectivity index is 1.95. The second kappa shape index (κ2) is 9.67. The van der Waals surface area contributed by atoms with E-state index in [1.165, 1.54) is 5.56 Å². The molecule has 30 heavy (non-hydrogen) atoms. The minimum absolute atomic E-state index is 0.0673. The van der Waals surface area contributed by atoms with Gasteiger partial charge in [0.1, 0.15) is 5.75 Å². The average molecular weight is 472 g/mol. The minimum Gasteiger partial charge on any atom is -0.497 e. The van der Waals surface area contributed by atoms with Crippen molar-refractivity contribution in [2.24, 2.45) is 5.41 Å². The minimum atomic E-state index is -0.0673. The van der Waals surface area contributed by atoms with E-state index in [0.29, 0.717) is 18.9 Å². The second-order valence-corrected chi connectivity index (χ2v) is 9.36. The summed E-state index contributed by atoms with van der Waals surface area (Å²) in [6, 6.07) is 16.5. The molecule has 5 nitrogen and oxygen atoms in total. The summed E-state index contributed by atoms with van der Waals surface area (Å²) in [5.41, 5.74) is 9.55. The quantitative estimate of drug-likeness (QED) is 0.459. The maximum Gasteiger partial charge on any atom is 0.200 e. The number of halogens is 1. The smallest absolute Gasteiger partial charge is 0.200 e. The molecule has 1 atom stereocenters. The highest BCUT2D eigenvalue weighted by molar-refractivity contribution is 9.10. The summed E-state index contributed by atoms with van der Waals surface area (Å²) < 4.78 is 8.39. The van der Waals surface area contributed by atoms with Crippen LogP contribution in [-0.2, 0) is 13.0 Å². The predicted molar refractivity (Wildman–Crippen MR) is 125 cm³/mol. The monoisotopic (exact) mass is 471 g/mol. The average Bonchev–Trinajstić information content (AvgIpc) is 3.07. The molecule has 0 bridgehead atoms. The molecule has 0 aliphatic carbocycles. The number of rotatable bonds is 9. The lowest BCUT2D eigenvalue weighted by atomic mass is 9.89. The van der Waals surface area contributed by atoms with Gasteiger partial charge in [0.15, 0.2) is 5.95 Å². The highest BCUT2D eigenvalue weighted by atomic mass is 79.9. The lowest BCUT2D eigenvalue weighted by Crippen LogP contribution is -2.21. The molecule has 1 heterocycles. The highest BCUT2D eigenvalue weighted by Crippen LogP contribution is 2.32. The largest absolute Gasteiger partial charge is 0.497 e. The molecule has 0 radical (unpaired) electrons. The Kier molecular flexibility index (Phi) is 7.21. The van der Waals surface area contributed by atoms with E-state index in [2.05, 4.69) is 72.4 Å². The van der Waals surface area contributed by atoms with Crippen LogP contribution in [0.15, 0.2) is 59.2 Å². The second-order valence-electron chi connectivity index (χ2n) is 8.45. The van der Waals surface area contributed by atoms with E-state index in [1.807, 2.05) is 16.7 Å². The molecule has 3 rings (SSSR count). The number of nitrogen functional groups attached to an aromatic ring is 1. The summed E-state index contributed by atoms with van der Waals surface area (Å²) in [6.07, 6.45) is 3.58. The van der Waals surface area contributed by atoms with Gasteiger partial charge in [-0.1, -0.05) is 54.0 Å². The fourth-order valence-corrected chi connectivity index (χ4v) is 3.94. The van der Waals surface area contributed by atoms with Gasteiger partial charge in [-0.2, -0.15) is 0 Å². The first-order valence-corrected chi connectivity index (χ1v) is 10.9. The summed E-state index contributed by atoms with van der Waals surface area (Å²) in [4.78, 5) is 4.73. The van der Waals surface area contributed by atoms with Crippen LogP contribution in [0.3, 0.4) is 0 Å². The van der Waals surface area contributed by atoms with Crippen LogP contribution in [0, 0.1) is 5.41 Å². The van der Waals surface area contributed by atoms with Crippen molar-refractivity contribution in [1.29, 1.82) is 0 Å². The van der Waals surface area contributed by atoms with Gasteiger partial charge in [0, 0.05) is 29.7 Å². The summed E-state index contributed by atoms with van der Waals surface area (Å²) >= 11 is 3.51. The van der Waals surface area contributed by atoms with Crippen LogP contribution in [0.5, 0.6) is 5.75 Å². The Bertz CT molecular complexity index is 950. The van der Waals surface area contributed by atoms with E-state index in [0.717, 1.165) is 27.9 Å². The number of hydrogen-bond donors (Lipinski definition) is 2. The van der Waals surface area contributed by atoms with Gasteiger partial charge in [0.2, 0.25) is 0 Å². The Morgan fingerprint density at radius 3 is 2.40 bits per heavy atom. The van der Waals surface area contributed by atoms with Gasteiger partial charge in [-0.25, -0.2) is 4.98 Å². The van der Waals surface area contributed by atoms with E-state index in [-0.39, 0.29) is 17.9 Å². The Hall–Kier alpha value is -2.31. The molecular formula is C24H30BrN3O2. The molecule has 1 unspecified atom stereocenters. The van der Waals surface area contributed by atoms with Crippen molar-refractivity contribution >= 4 is 21.9 Å². The Morgan fingerprint density at radius 1 is 1.13 bits per heavy atom. The third kappa shape index (κ3) is 5.64. The van der Waals surface area contributed by atoms with E-state index < -0.39 is 0 Å². The van der Waals surface area contributed by atoms with Gasteiger partial charge in [0.25, 0.3) is 0 Å². The van der Waals surface area contributed by atoms with Gasteiger partial charge >= 0.3 is 0 Å². The van der Waals surface area contributed by atoms with Crippen LogP contribution in [-0.4, -0.2) is 28.4 Å². The highest BCUT2D eigenvalue weighted by Gasteiger charge is 2.23. The van der Waals surface area contributed by atoms with Crippen LogP contribution in [0.2, 0.25) is 0 Å². The summed E-state index contributed by atoms with van der Waals surface area (Å²) in [5.74, 6) is 1.41. The van der Waals surface area contributed by atoms with Gasteiger partial charge in [-0.05, 0) is 53.6 Å². The first-order chi connectivity index (χ1) is 14.3. The van der Waals surface area contributed by atoms with Crippen molar-refractivity contribution in [3.05, 3.63) is 76.0 Å². The van der Waals surface area contributed by atoms with Crippen molar-refractivity contribution in [2.45, 2.75) is 39.2 Å². The van der Waals surface area contributed by atoms with Crippen molar-refractivity contribution in [1.82, 2.24) is 9.55 Å². The van der Waals surface area contributed by atoms with Gasteiger partial charge in [-0.15, -0.1) is 0 Å². The summed E-state index contributed by atoms with van der Waals surface area (Å²) in [5, 5.41) is 9.35. The zero-order valence-electron chi connectivity index (χ0n) is 17.8. The number of methoxy groups -OCH3 is 1. The number of benzene rings is 2. The predicted octanol–water partition coefficient (Wildman–Crippen LogP) is 5.02. The molecule has 3 aromatic rings. The number of nitrogens with two attached hydrogens (primary N) is 1. The number of ether oxygens (including phenoxy) is 1. The van der Waals surface area contributed by atoms with Crippen LogP contribution in [0.1, 0.15) is 43.0 Å². The summed E-state index contributed by atoms with van der Waals surface area (Å²) in [6.45, 7) is 5.13. The van der Waals surface area contributed by atoms with E-state index in [4.69, 9.17) is 15.5 Å². The lowest BCUT2D eigenvalue weighted by Gasteiger charge is -2.24. The molecule has 0 saturated heterocycles. The number of aliphatic hydroxyl groups is 1. The standard InChI is InChI=1S/C24H30BrN3O2/c1-24(2,12-13-29)16-28-15-22(27-23(28)26)21(14-17-4-8-19(25)9-5-17)18-6-10-20(30-3)11-7-18/h4-11,15,21,29H,12-14,16H2,1-3H3,(H2,26,27). The molecule has 6 heteroatoms. The van der Waals surface area contributed by atoms with Crippen molar-refractivity contribution in [3.8, 4) is 5.75 Å². The molecule has 0 aliphatic heterocycles. The number of imidazole rings is 1. The van der Waals surface area contributed by atoms with Crippen LogP contribution in [0.4, 0.5) is 5.95 Å². The molecule has 160 valence electrons. The van der Waals surface area contributed by atoms with E-state index >= 15 is 0 Å². The molecular weight excluding hydrogens is 442 g/mol. The number of nitrogens with zero attached hydrogens (tertiary/aromatic N) is 2. The Labute approximate surface area is 187 Å².